The SMILES string of the molecule is [N-]=[N+]=NC(CCC(=O)O)c1ccc2c(c1)OCCCO2. The lowest BCUT2D eigenvalue weighted by molar-refractivity contribution is -0.137. The van der Waals surface area contributed by atoms with Gasteiger partial charge in [-0.3, -0.25) is 4.79 Å². The van der Waals surface area contributed by atoms with Crippen molar-refractivity contribution >= 4 is 5.97 Å². The minimum atomic E-state index is -0.919. The van der Waals surface area contributed by atoms with E-state index in [1.54, 1.807) is 18.2 Å². The Morgan fingerprint density at radius 1 is 1.40 bits per heavy atom. The third kappa shape index (κ3) is 3.55. The van der Waals surface area contributed by atoms with Gasteiger partial charge in [-0.15, -0.1) is 0 Å². The molecule has 1 atom stereocenters. The van der Waals surface area contributed by atoms with Crippen LogP contribution in [0.5, 0.6) is 11.5 Å². The fraction of sp³-hybridized carbons (Fsp3) is 0.462. The summed E-state index contributed by atoms with van der Waals surface area (Å²) in [6.07, 6.45) is 1.000. The minimum Gasteiger partial charge on any atom is -0.490 e. The molecule has 1 heterocycles. The number of rotatable bonds is 5. The number of aliphatic carboxylic acids is 1. The highest BCUT2D eigenvalue weighted by Gasteiger charge is 2.16. The normalized spacial score (nSPS) is 14.8. The van der Waals surface area contributed by atoms with Gasteiger partial charge in [0, 0.05) is 17.8 Å². The number of azide groups is 1. The predicted octanol–water partition coefficient (Wildman–Crippen LogP) is 3.06. The molecule has 0 saturated heterocycles. The molecule has 0 amide bonds. The number of ether oxygens (including phenoxy) is 2. The number of hydrogen-bond donors (Lipinski definition) is 1. The van der Waals surface area contributed by atoms with E-state index >= 15 is 0 Å². The summed E-state index contributed by atoms with van der Waals surface area (Å²) in [4.78, 5) is 13.4. The maximum absolute atomic E-state index is 10.6. The molecular formula is C13H15N3O4. The van der Waals surface area contributed by atoms with E-state index in [1.807, 2.05) is 0 Å². The van der Waals surface area contributed by atoms with Gasteiger partial charge in [0.15, 0.2) is 11.5 Å². The average Bonchev–Trinajstić information content (AvgIpc) is 2.67. The summed E-state index contributed by atoms with van der Waals surface area (Å²) in [6, 6.07) is 4.76. The fourth-order valence-corrected chi connectivity index (χ4v) is 2.00. The summed E-state index contributed by atoms with van der Waals surface area (Å²) >= 11 is 0. The minimum absolute atomic E-state index is 0.0574. The summed E-state index contributed by atoms with van der Waals surface area (Å²) in [5.41, 5.74) is 9.33. The van der Waals surface area contributed by atoms with Crippen LogP contribution in [0.1, 0.15) is 30.9 Å². The van der Waals surface area contributed by atoms with Gasteiger partial charge in [0.1, 0.15) is 0 Å². The maximum Gasteiger partial charge on any atom is 0.303 e. The van der Waals surface area contributed by atoms with Crippen molar-refractivity contribution in [1.29, 1.82) is 0 Å². The van der Waals surface area contributed by atoms with E-state index in [-0.39, 0.29) is 12.8 Å². The molecule has 7 heteroatoms. The highest BCUT2D eigenvalue weighted by molar-refractivity contribution is 5.66. The second kappa shape index (κ2) is 6.68. The molecular weight excluding hydrogens is 262 g/mol. The topological polar surface area (TPSA) is 105 Å². The van der Waals surface area contributed by atoms with Crippen LogP contribution in [0, 0.1) is 0 Å². The summed E-state index contributed by atoms with van der Waals surface area (Å²) in [5, 5.41) is 12.4. The van der Waals surface area contributed by atoms with Crippen LogP contribution in [0.4, 0.5) is 0 Å². The molecule has 0 fully saturated rings. The molecule has 106 valence electrons. The first kappa shape index (κ1) is 14.0. The Hall–Kier alpha value is -2.40. The van der Waals surface area contributed by atoms with Crippen LogP contribution in [0.2, 0.25) is 0 Å². The zero-order valence-corrected chi connectivity index (χ0v) is 10.9. The van der Waals surface area contributed by atoms with Gasteiger partial charge in [0.2, 0.25) is 0 Å². The van der Waals surface area contributed by atoms with Crippen LogP contribution in [0.15, 0.2) is 23.3 Å². The highest BCUT2D eigenvalue weighted by Crippen LogP contribution is 2.34. The first-order chi connectivity index (χ1) is 9.70. The van der Waals surface area contributed by atoms with Gasteiger partial charge >= 0.3 is 5.97 Å². The van der Waals surface area contributed by atoms with Gasteiger partial charge in [-0.1, -0.05) is 11.2 Å². The Balaban J connectivity index is 2.22. The van der Waals surface area contributed by atoms with Crippen molar-refractivity contribution in [3.05, 3.63) is 34.2 Å². The lowest BCUT2D eigenvalue weighted by atomic mass is 10.0. The van der Waals surface area contributed by atoms with Crippen molar-refractivity contribution in [2.75, 3.05) is 13.2 Å². The number of nitrogens with zero attached hydrogens (tertiary/aromatic N) is 3. The molecule has 0 aliphatic carbocycles. The van der Waals surface area contributed by atoms with Gasteiger partial charge in [-0.2, -0.15) is 0 Å². The third-order valence-electron chi connectivity index (χ3n) is 2.98. The standard InChI is InChI=1S/C13H15N3O4/c14-16-15-10(3-5-13(17)18)9-2-4-11-12(8-9)20-7-1-6-19-11/h2,4,8,10H,1,3,5-7H2,(H,17,18). The molecule has 0 spiro atoms. The number of fused-ring (bicyclic) bond motifs is 1. The van der Waals surface area contributed by atoms with Gasteiger partial charge in [-0.05, 0) is 29.6 Å². The first-order valence-corrected chi connectivity index (χ1v) is 6.36. The van der Waals surface area contributed by atoms with Crippen molar-refractivity contribution in [1.82, 2.24) is 0 Å². The zero-order chi connectivity index (χ0) is 14.4. The van der Waals surface area contributed by atoms with E-state index in [9.17, 15) is 4.79 Å². The molecule has 1 aliphatic heterocycles. The van der Waals surface area contributed by atoms with E-state index in [2.05, 4.69) is 10.0 Å². The maximum atomic E-state index is 10.6. The van der Waals surface area contributed by atoms with Crippen molar-refractivity contribution in [3.8, 4) is 11.5 Å². The summed E-state index contributed by atoms with van der Waals surface area (Å²) < 4.78 is 11.1. The molecule has 2 rings (SSSR count). The Morgan fingerprint density at radius 3 is 2.85 bits per heavy atom. The van der Waals surface area contributed by atoms with Gasteiger partial charge in [0.25, 0.3) is 0 Å². The van der Waals surface area contributed by atoms with Crippen LogP contribution < -0.4 is 9.47 Å². The molecule has 0 radical (unpaired) electrons. The lowest BCUT2D eigenvalue weighted by Gasteiger charge is -2.13. The van der Waals surface area contributed by atoms with Crippen molar-refractivity contribution in [3.63, 3.8) is 0 Å². The van der Waals surface area contributed by atoms with Gasteiger partial charge < -0.3 is 14.6 Å². The van der Waals surface area contributed by atoms with E-state index < -0.39 is 12.0 Å². The molecule has 1 unspecified atom stereocenters. The number of carboxylic acid groups (broad SMARTS) is 1. The molecule has 0 aromatic heterocycles. The first-order valence-electron chi connectivity index (χ1n) is 6.36. The van der Waals surface area contributed by atoms with Crippen LogP contribution >= 0.6 is 0 Å². The molecule has 20 heavy (non-hydrogen) atoms. The van der Waals surface area contributed by atoms with Crippen LogP contribution in [0.3, 0.4) is 0 Å². The second-order valence-electron chi connectivity index (χ2n) is 4.41. The number of carbonyl (C=O) groups is 1. The van der Waals surface area contributed by atoms with E-state index in [1.165, 1.54) is 0 Å². The molecule has 1 N–H and O–H groups in total. The number of hydrogen-bond acceptors (Lipinski definition) is 4. The monoisotopic (exact) mass is 277 g/mol. The summed E-state index contributed by atoms with van der Waals surface area (Å²) in [6.45, 7) is 1.17. The fourth-order valence-electron chi connectivity index (χ4n) is 2.00. The summed E-state index contributed by atoms with van der Waals surface area (Å²) in [5.74, 6) is 0.343. The molecule has 0 bridgehead atoms. The van der Waals surface area contributed by atoms with Crippen LogP contribution in [-0.4, -0.2) is 24.3 Å². The Morgan fingerprint density at radius 2 is 2.15 bits per heavy atom. The van der Waals surface area contributed by atoms with E-state index in [0.717, 1.165) is 12.0 Å². The van der Waals surface area contributed by atoms with Crippen molar-refractivity contribution in [2.24, 2.45) is 5.11 Å². The zero-order valence-electron chi connectivity index (χ0n) is 10.9. The van der Waals surface area contributed by atoms with Crippen LogP contribution in [-0.2, 0) is 4.79 Å². The second-order valence-corrected chi connectivity index (χ2v) is 4.41. The lowest BCUT2D eigenvalue weighted by Crippen LogP contribution is -2.02. The predicted molar refractivity (Wildman–Crippen MR) is 70.8 cm³/mol. The Labute approximate surface area is 115 Å². The molecule has 1 aromatic rings. The Kier molecular flexibility index (Phi) is 4.68. The highest BCUT2D eigenvalue weighted by atomic mass is 16.5. The quantitative estimate of drug-likeness (QED) is 0.507. The third-order valence-corrected chi connectivity index (χ3v) is 2.98. The number of carboxylic acids is 1. The average molecular weight is 277 g/mol. The van der Waals surface area contributed by atoms with Crippen LogP contribution in [0.25, 0.3) is 10.4 Å². The molecule has 1 aliphatic rings. The number of benzene rings is 1. The van der Waals surface area contributed by atoms with E-state index in [4.69, 9.17) is 20.1 Å². The summed E-state index contributed by atoms with van der Waals surface area (Å²) in [7, 11) is 0. The Bertz CT molecular complexity index is 540. The van der Waals surface area contributed by atoms with E-state index in [0.29, 0.717) is 24.7 Å². The molecule has 7 nitrogen and oxygen atoms in total. The van der Waals surface area contributed by atoms with Crippen molar-refractivity contribution in [2.45, 2.75) is 25.3 Å². The van der Waals surface area contributed by atoms with Gasteiger partial charge in [-0.25, -0.2) is 0 Å². The molecule has 1 aromatic carbocycles. The molecule has 0 saturated carbocycles. The smallest absolute Gasteiger partial charge is 0.303 e. The van der Waals surface area contributed by atoms with Crippen molar-refractivity contribution < 1.29 is 19.4 Å². The largest absolute Gasteiger partial charge is 0.490 e. The van der Waals surface area contributed by atoms with Gasteiger partial charge in [0.05, 0.1) is 19.3 Å².